The van der Waals surface area contributed by atoms with Gasteiger partial charge in [0.05, 0.1) is 21.3 Å². The number of hydrogen-bond acceptors (Lipinski definition) is 6. The van der Waals surface area contributed by atoms with Crippen molar-refractivity contribution in [3.05, 3.63) is 70.2 Å². The predicted octanol–water partition coefficient (Wildman–Crippen LogP) is 3.87. The summed E-state index contributed by atoms with van der Waals surface area (Å²) in [5.41, 5.74) is 1.47. The average molecular weight is 477 g/mol. The summed E-state index contributed by atoms with van der Waals surface area (Å²) in [7, 11) is -3.76. The summed E-state index contributed by atoms with van der Waals surface area (Å²) in [5.74, 6) is -0.140. The number of piperazine rings is 1. The lowest BCUT2D eigenvalue weighted by Gasteiger charge is -2.36. The quantitative estimate of drug-likeness (QED) is 0.604. The van der Waals surface area contributed by atoms with Gasteiger partial charge in [0.1, 0.15) is 4.88 Å². The van der Waals surface area contributed by atoms with Crippen LogP contribution in [0.3, 0.4) is 0 Å². The molecule has 0 aliphatic carbocycles. The van der Waals surface area contributed by atoms with Crippen LogP contribution in [-0.2, 0) is 10.0 Å². The van der Waals surface area contributed by atoms with Crippen molar-refractivity contribution in [2.45, 2.75) is 11.8 Å². The number of thiazole rings is 1. The van der Waals surface area contributed by atoms with E-state index < -0.39 is 10.0 Å². The summed E-state index contributed by atoms with van der Waals surface area (Å²) in [5, 5.41) is 0.871. The highest BCUT2D eigenvalue weighted by Crippen LogP contribution is 2.29. The number of nitrogens with one attached hydrogen (secondary N) is 1. The van der Waals surface area contributed by atoms with Gasteiger partial charge in [0.25, 0.3) is 15.9 Å². The summed E-state index contributed by atoms with van der Waals surface area (Å²) in [6.45, 7) is 4.14. The number of aryl methyl sites for hydroxylation is 1. The van der Waals surface area contributed by atoms with E-state index in [4.69, 9.17) is 11.6 Å². The number of rotatable bonds is 5. The molecule has 4 rings (SSSR count). The molecular weight excluding hydrogens is 456 g/mol. The maximum atomic E-state index is 13.1. The van der Waals surface area contributed by atoms with Gasteiger partial charge in [-0.2, -0.15) is 0 Å². The lowest BCUT2D eigenvalue weighted by Crippen LogP contribution is -2.48. The first-order chi connectivity index (χ1) is 14.8. The first kappa shape index (κ1) is 21.6. The number of benzene rings is 2. The molecule has 0 bridgehead atoms. The Morgan fingerprint density at radius 3 is 2.35 bits per heavy atom. The molecule has 1 fully saturated rings. The zero-order chi connectivity index (χ0) is 22.0. The van der Waals surface area contributed by atoms with E-state index in [1.54, 1.807) is 30.0 Å². The van der Waals surface area contributed by atoms with E-state index in [9.17, 15) is 13.2 Å². The lowest BCUT2D eigenvalue weighted by molar-refractivity contribution is 0.0750. The minimum atomic E-state index is -3.76. The third-order valence-corrected chi connectivity index (χ3v) is 7.89. The third-order valence-electron chi connectivity index (χ3n) is 5.03. The Kier molecular flexibility index (Phi) is 6.17. The number of para-hydroxylation sites is 1. The number of halogens is 1. The number of sulfonamides is 1. The molecule has 7 nitrogen and oxygen atoms in total. The maximum absolute atomic E-state index is 13.1. The summed E-state index contributed by atoms with van der Waals surface area (Å²) in [6, 6.07) is 15.7. The molecule has 1 N–H and O–H groups in total. The van der Waals surface area contributed by atoms with Gasteiger partial charge in [-0.25, -0.2) is 13.4 Å². The molecule has 1 aliphatic heterocycles. The summed E-state index contributed by atoms with van der Waals surface area (Å²) >= 11 is 7.34. The molecule has 0 unspecified atom stereocenters. The Labute approximate surface area is 190 Å². The Morgan fingerprint density at radius 2 is 1.68 bits per heavy atom. The summed E-state index contributed by atoms with van der Waals surface area (Å²) < 4.78 is 27.5. The van der Waals surface area contributed by atoms with Crippen LogP contribution in [0.2, 0.25) is 5.02 Å². The van der Waals surface area contributed by atoms with E-state index in [1.165, 1.54) is 12.1 Å². The smallest absolute Gasteiger partial charge is 0.266 e. The van der Waals surface area contributed by atoms with Crippen LogP contribution in [0.1, 0.15) is 15.4 Å². The number of carbonyl (C=O) groups excluding carboxylic acids is 1. The minimum Gasteiger partial charge on any atom is -0.367 e. The minimum absolute atomic E-state index is 0.140. The fraction of sp³-hybridized carbons (Fsp3) is 0.238. The van der Waals surface area contributed by atoms with Gasteiger partial charge in [0.15, 0.2) is 5.13 Å². The molecule has 1 amide bonds. The van der Waals surface area contributed by atoms with Crippen molar-refractivity contribution in [2.75, 3.05) is 35.8 Å². The first-order valence-corrected chi connectivity index (χ1v) is 12.4. The molecule has 0 spiro atoms. The van der Waals surface area contributed by atoms with Gasteiger partial charge >= 0.3 is 0 Å². The van der Waals surface area contributed by atoms with Gasteiger partial charge in [-0.3, -0.25) is 9.52 Å². The number of hydrogen-bond donors (Lipinski definition) is 1. The molecule has 0 radical (unpaired) electrons. The molecule has 2 heterocycles. The highest BCUT2D eigenvalue weighted by molar-refractivity contribution is 7.93. The molecule has 1 aromatic heterocycles. The summed E-state index contributed by atoms with van der Waals surface area (Å²) in [4.78, 5) is 21.8. The van der Waals surface area contributed by atoms with E-state index in [0.717, 1.165) is 17.0 Å². The number of nitrogens with zero attached hydrogens (tertiary/aromatic N) is 3. The van der Waals surface area contributed by atoms with Gasteiger partial charge < -0.3 is 9.80 Å². The first-order valence-electron chi connectivity index (χ1n) is 9.69. The molecule has 0 saturated carbocycles. The standard InChI is InChI=1S/C21H21ClN4O3S2/c1-15-19(30-21(23-15)24-31(28,29)16-7-3-2-4-8-16)20(27)26-13-11-25(12-14-26)18-10-6-5-9-17(18)22/h2-10H,11-14H2,1H3,(H,23,24). The Morgan fingerprint density at radius 1 is 1.03 bits per heavy atom. The Balaban J connectivity index is 1.44. The molecule has 0 atom stereocenters. The van der Waals surface area contributed by atoms with Crippen molar-refractivity contribution < 1.29 is 13.2 Å². The molecule has 31 heavy (non-hydrogen) atoms. The zero-order valence-electron chi connectivity index (χ0n) is 16.8. The van der Waals surface area contributed by atoms with Crippen LogP contribution in [0.15, 0.2) is 59.5 Å². The van der Waals surface area contributed by atoms with E-state index >= 15 is 0 Å². The topological polar surface area (TPSA) is 82.6 Å². The fourth-order valence-corrected chi connectivity index (χ4v) is 5.86. The molecule has 3 aromatic rings. The SMILES string of the molecule is Cc1nc(NS(=O)(=O)c2ccccc2)sc1C(=O)N1CCN(c2ccccc2Cl)CC1. The molecule has 10 heteroatoms. The van der Waals surface area contributed by atoms with Crippen molar-refractivity contribution >= 4 is 49.7 Å². The molecule has 2 aromatic carbocycles. The van der Waals surface area contributed by atoms with Crippen molar-refractivity contribution in [3.63, 3.8) is 0 Å². The van der Waals surface area contributed by atoms with Gasteiger partial charge in [0.2, 0.25) is 0 Å². The number of aromatic nitrogens is 1. The second-order valence-electron chi connectivity index (χ2n) is 7.08. The van der Waals surface area contributed by atoms with Crippen LogP contribution < -0.4 is 9.62 Å². The highest BCUT2D eigenvalue weighted by atomic mass is 35.5. The Bertz CT molecular complexity index is 1190. The van der Waals surface area contributed by atoms with Crippen molar-refractivity contribution in [1.29, 1.82) is 0 Å². The number of carbonyl (C=O) groups is 1. The zero-order valence-corrected chi connectivity index (χ0v) is 19.2. The normalized spacial score (nSPS) is 14.5. The van der Waals surface area contributed by atoms with Crippen LogP contribution in [0.5, 0.6) is 0 Å². The third kappa shape index (κ3) is 4.68. The van der Waals surface area contributed by atoms with E-state index in [0.29, 0.717) is 41.8 Å². The van der Waals surface area contributed by atoms with Crippen LogP contribution in [0.4, 0.5) is 10.8 Å². The van der Waals surface area contributed by atoms with Crippen LogP contribution in [-0.4, -0.2) is 50.4 Å². The second kappa shape index (κ2) is 8.86. The monoisotopic (exact) mass is 476 g/mol. The number of anilines is 2. The maximum Gasteiger partial charge on any atom is 0.266 e. The number of amides is 1. The van der Waals surface area contributed by atoms with Gasteiger partial charge in [-0.05, 0) is 31.2 Å². The van der Waals surface area contributed by atoms with Gasteiger partial charge in [-0.15, -0.1) is 0 Å². The molecule has 1 saturated heterocycles. The van der Waals surface area contributed by atoms with Crippen molar-refractivity contribution in [1.82, 2.24) is 9.88 Å². The molecule has 162 valence electrons. The van der Waals surface area contributed by atoms with Crippen LogP contribution in [0.25, 0.3) is 0 Å². The van der Waals surface area contributed by atoms with E-state index in [2.05, 4.69) is 14.6 Å². The largest absolute Gasteiger partial charge is 0.367 e. The van der Waals surface area contributed by atoms with E-state index in [1.807, 2.05) is 24.3 Å². The van der Waals surface area contributed by atoms with Crippen LogP contribution >= 0.6 is 22.9 Å². The second-order valence-corrected chi connectivity index (χ2v) is 10.2. The van der Waals surface area contributed by atoms with Gasteiger partial charge in [0, 0.05) is 26.2 Å². The van der Waals surface area contributed by atoms with Crippen molar-refractivity contribution in [3.8, 4) is 0 Å². The average Bonchev–Trinajstić information content (AvgIpc) is 3.13. The molecule has 1 aliphatic rings. The predicted molar refractivity (Wildman–Crippen MR) is 124 cm³/mol. The van der Waals surface area contributed by atoms with Crippen LogP contribution in [0, 0.1) is 6.92 Å². The highest BCUT2D eigenvalue weighted by Gasteiger charge is 2.27. The summed E-state index contributed by atoms with van der Waals surface area (Å²) in [6.07, 6.45) is 0. The fourth-order valence-electron chi connectivity index (χ4n) is 3.41. The molecular formula is C21H21ClN4O3S2. The lowest BCUT2D eigenvalue weighted by atomic mass is 10.2. The Hall–Kier alpha value is -2.62. The van der Waals surface area contributed by atoms with Crippen molar-refractivity contribution in [2.24, 2.45) is 0 Å². The van der Waals surface area contributed by atoms with E-state index in [-0.39, 0.29) is 15.9 Å². The van der Waals surface area contributed by atoms with Gasteiger partial charge in [-0.1, -0.05) is 53.3 Å².